The Hall–Kier alpha value is -0.761. The first-order chi connectivity index (χ1) is 10.2. The molecule has 0 heterocycles. The van der Waals surface area contributed by atoms with Crippen LogP contribution < -0.4 is 7.16 Å². The van der Waals surface area contributed by atoms with Gasteiger partial charge in [0, 0.05) is 0 Å². The Morgan fingerprint density at radius 3 is 1.10 bits per heavy atom. The molecule has 2 aromatic rings. The van der Waals surface area contributed by atoms with Gasteiger partial charge in [-0.2, -0.15) is 0 Å². The van der Waals surface area contributed by atoms with Crippen LogP contribution in [0.3, 0.4) is 0 Å². The van der Waals surface area contributed by atoms with Gasteiger partial charge >= 0.3 is 140 Å². The van der Waals surface area contributed by atoms with Crippen LogP contribution >= 0.6 is 0 Å². The molecule has 0 aliphatic rings. The summed E-state index contributed by atoms with van der Waals surface area (Å²) in [5.41, 5.74) is 6.37. The fourth-order valence-electron chi connectivity index (χ4n) is 2.93. The van der Waals surface area contributed by atoms with Crippen molar-refractivity contribution in [3.05, 3.63) is 58.7 Å². The second-order valence-corrected chi connectivity index (χ2v) is 9.01. The molecule has 2 radical (unpaired) electrons. The van der Waals surface area contributed by atoms with E-state index in [2.05, 4.69) is 64.1 Å². The van der Waals surface area contributed by atoms with Crippen LogP contribution in [0.25, 0.3) is 0 Å². The third-order valence-electron chi connectivity index (χ3n) is 4.25. The average Bonchev–Trinajstić information content (AvgIpc) is 2.55. The molecule has 0 saturated carbocycles. The van der Waals surface area contributed by atoms with Gasteiger partial charge < -0.3 is 0 Å². The monoisotopic (exact) mass is 386 g/mol. The van der Waals surface area contributed by atoms with Gasteiger partial charge in [-0.1, -0.05) is 0 Å². The number of benzene rings is 2. The zero-order valence-electron chi connectivity index (χ0n) is 13.8. The van der Waals surface area contributed by atoms with Crippen LogP contribution in [-0.2, 0) is 25.7 Å². The second-order valence-electron chi connectivity index (χ2n) is 5.44. The van der Waals surface area contributed by atoms with Gasteiger partial charge in [-0.3, -0.25) is 0 Å². The van der Waals surface area contributed by atoms with Crippen LogP contribution in [-0.4, -0.2) is 21.1 Å². The summed E-state index contributed by atoms with van der Waals surface area (Å²) in [6.45, 7) is 9.18. The van der Waals surface area contributed by atoms with Gasteiger partial charge in [-0.15, -0.1) is 0 Å². The van der Waals surface area contributed by atoms with Crippen molar-refractivity contribution in [1.29, 1.82) is 0 Å². The minimum atomic E-state index is -0.728. The van der Waals surface area contributed by atoms with Gasteiger partial charge in [0.15, 0.2) is 0 Å². The molecule has 0 amide bonds. The number of rotatable bonds is 6. The third-order valence-corrected chi connectivity index (χ3v) is 9.34. The Bertz CT molecular complexity index is 501. The Labute approximate surface area is 140 Å². The molecule has 0 unspecified atom stereocenters. The molecule has 0 nitrogen and oxygen atoms in total. The minimum absolute atomic E-state index is 0.728. The van der Waals surface area contributed by atoms with E-state index in [9.17, 15) is 0 Å². The fourth-order valence-corrected chi connectivity index (χ4v) is 8.45. The van der Waals surface area contributed by atoms with Crippen molar-refractivity contribution in [3.63, 3.8) is 0 Å². The van der Waals surface area contributed by atoms with Crippen molar-refractivity contribution in [2.45, 2.75) is 53.4 Å². The zero-order chi connectivity index (χ0) is 15.2. The summed E-state index contributed by atoms with van der Waals surface area (Å²) in [6, 6.07) is 13.9. The van der Waals surface area contributed by atoms with Gasteiger partial charge in [0.25, 0.3) is 0 Å². The summed E-state index contributed by atoms with van der Waals surface area (Å²) in [6.07, 6.45) is 4.67. The average molecular weight is 385 g/mol. The molecule has 0 aliphatic heterocycles. The summed E-state index contributed by atoms with van der Waals surface area (Å²) < 4.78 is 3.48. The quantitative estimate of drug-likeness (QED) is 0.667. The van der Waals surface area contributed by atoms with E-state index in [-0.39, 0.29) is 0 Å². The van der Waals surface area contributed by atoms with Crippen molar-refractivity contribution in [3.8, 4) is 0 Å². The molecule has 0 saturated heterocycles. The molecule has 110 valence electrons. The molecule has 2 aromatic carbocycles. The maximum atomic E-state index is 2.34. The molecular formula is C20H26Sn. The van der Waals surface area contributed by atoms with Crippen molar-refractivity contribution >= 4 is 28.3 Å². The molecular weight excluding hydrogens is 359 g/mol. The molecule has 0 atom stereocenters. The van der Waals surface area contributed by atoms with Crippen molar-refractivity contribution in [2.24, 2.45) is 0 Å². The first-order valence-corrected chi connectivity index (χ1v) is 11.1. The van der Waals surface area contributed by atoms with E-state index in [1.165, 1.54) is 25.7 Å². The van der Waals surface area contributed by atoms with E-state index >= 15 is 0 Å². The Balaban J connectivity index is 2.52. The van der Waals surface area contributed by atoms with Gasteiger partial charge in [0.2, 0.25) is 0 Å². The number of hydrogen-bond acceptors (Lipinski definition) is 0. The van der Waals surface area contributed by atoms with Crippen LogP contribution in [0.4, 0.5) is 0 Å². The van der Waals surface area contributed by atoms with Gasteiger partial charge in [0.1, 0.15) is 0 Å². The third kappa shape index (κ3) is 3.71. The molecule has 0 bridgehead atoms. The van der Waals surface area contributed by atoms with Gasteiger partial charge in [0.05, 0.1) is 0 Å². The molecule has 0 aromatic heterocycles. The summed E-state index contributed by atoms with van der Waals surface area (Å²) in [4.78, 5) is 0. The van der Waals surface area contributed by atoms with E-state index < -0.39 is 21.1 Å². The van der Waals surface area contributed by atoms with Gasteiger partial charge in [-0.25, -0.2) is 0 Å². The van der Waals surface area contributed by atoms with Crippen LogP contribution in [0.15, 0.2) is 36.4 Å². The summed E-state index contributed by atoms with van der Waals surface area (Å²) in [7, 11) is 0. The number of hydrogen-bond donors (Lipinski definition) is 0. The zero-order valence-corrected chi connectivity index (χ0v) is 16.6. The summed E-state index contributed by atoms with van der Waals surface area (Å²) >= 11 is -0.728. The van der Waals surface area contributed by atoms with Crippen molar-refractivity contribution in [1.82, 2.24) is 0 Å². The van der Waals surface area contributed by atoms with E-state index in [1.54, 1.807) is 29.4 Å². The van der Waals surface area contributed by atoms with Crippen molar-refractivity contribution in [2.75, 3.05) is 0 Å². The van der Waals surface area contributed by atoms with E-state index in [0.717, 1.165) is 0 Å². The van der Waals surface area contributed by atoms with Crippen LogP contribution in [0.1, 0.15) is 49.9 Å². The number of aryl methyl sites for hydroxylation is 4. The molecule has 1 heteroatoms. The molecule has 21 heavy (non-hydrogen) atoms. The fraction of sp³-hybridized carbons (Fsp3) is 0.400. The normalized spacial score (nSPS) is 10.9. The van der Waals surface area contributed by atoms with Gasteiger partial charge in [-0.05, 0) is 0 Å². The summed E-state index contributed by atoms with van der Waals surface area (Å²) in [5.74, 6) is 0. The molecule has 0 fully saturated rings. The molecule has 0 spiro atoms. The molecule has 0 N–H and O–H groups in total. The standard InChI is InChI=1S/2C10H13.Sn/c2*1-3-9-6-5-7-10(4-2)8-9;/h2*5-7H,3-4H2,1-2H3;. The molecule has 2 rings (SSSR count). The summed E-state index contributed by atoms with van der Waals surface area (Å²) in [5, 5.41) is 0. The van der Waals surface area contributed by atoms with Crippen molar-refractivity contribution < 1.29 is 0 Å². The predicted octanol–water partition coefficient (Wildman–Crippen LogP) is 3.59. The van der Waals surface area contributed by atoms with E-state index in [0.29, 0.717) is 0 Å². The Morgan fingerprint density at radius 2 is 0.857 bits per heavy atom. The Kier molecular flexibility index (Phi) is 6.35. The van der Waals surface area contributed by atoms with E-state index in [1.807, 2.05) is 0 Å². The van der Waals surface area contributed by atoms with Crippen LogP contribution in [0.2, 0.25) is 0 Å². The molecule has 0 aliphatic carbocycles. The SMILES string of the molecule is CCc1cccc(CC)[c]1[Sn][c]1c(CC)cccc1CC. The predicted molar refractivity (Wildman–Crippen MR) is 95.4 cm³/mol. The maximum absolute atomic E-state index is 2.34. The first kappa shape index (κ1) is 16.6. The first-order valence-electron chi connectivity index (χ1n) is 8.23. The second kappa shape index (κ2) is 8.03. The van der Waals surface area contributed by atoms with E-state index in [4.69, 9.17) is 0 Å². The van der Waals surface area contributed by atoms with Crippen LogP contribution in [0.5, 0.6) is 0 Å². The Morgan fingerprint density at radius 1 is 0.571 bits per heavy atom. The topological polar surface area (TPSA) is 0 Å². The van der Waals surface area contributed by atoms with Crippen LogP contribution in [0, 0.1) is 0 Å².